The Morgan fingerprint density at radius 2 is 1.53 bits per heavy atom. The van der Waals surface area contributed by atoms with Crippen LogP contribution in [0.15, 0.2) is 23.8 Å². The maximum atomic E-state index is 13.4. The number of rotatable bonds is 10. The molecule has 248 valence electrons. The molecule has 1 heterocycles. The van der Waals surface area contributed by atoms with Crippen molar-refractivity contribution in [1.82, 2.24) is 0 Å². The number of methoxy groups -OCH3 is 1. The van der Waals surface area contributed by atoms with E-state index in [0.29, 0.717) is 18.3 Å². The van der Waals surface area contributed by atoms with Crippen LogP contribution >= 0.6 is 0 Å². The molecule has 0 spiro atoms. The summed E-state index contributed by atoms with van der Waals surface area (Å²) in [7, 11) is -2.29. The highest BCUT2D eigenvalue weighted by molar-refractivity contribution is 6.74. The van der Waals surface area contributed by atoms with Crippen molar-refractivity contribution in [2.75, 3.05) is 13.7 Å². The van der Waals surface area contributed by atoms with E-state index in [9.17, 15) is 4.79 Å². The molecule has 1 saturated heterocycles. The number of carbonyl (C=O) groups is 1. The maximum absolute atomic E-state index is 13.4. The van der Waals surface area contributed by atoms with Crippen molar-refractivity contribution in [1.29, 1.82) is 0 Å². The molecule has 0 saturated carbocycles. The summed E-state index contributed by atoms with van der Waals surface area (Å²) in [5.74, 6) is 0.534. The van der Waals surface area contributed by atoms with E-state index in [1.54, 1.807) is 21.0 Å². The van der Waals surface area contributed by atoms with Gasteiger partial charge in [-0.2, -0.15) is 0 Å². The topological polar surface area (TPSA) is 63.2 Å². The third kappa shape index (κ3) is 8.94. The summed E-state index contributed by atoms with van der Waals surface area (Å²) in [5.41, 5.74) is 0.243. The molecule has 2 aliphatic carbocycles. The summed E-state index contributed by atoms with van der Waals surface area (Å²) in [4.78, 5) is 13.4. The molecular formula is C35H64O6Si2. The van der Waals surface area contributed by atoms with Crippen LogP contribution in [0.5, 0.6) is 0 Å². The standard InChI is InChI=1S/C35H64O6Si2/c1-24-15-16-25-21-28(41-43(13,14)34(5,6)7)23-30(39-32(36)35(8,9)37-10)31(25)29(24)18-17-26-22-27(19-20-38-26)40-42(11,12)33(2,3)4/h15-16,21,24,26-31H,17-20,22-23H2,1-14H3/t24-,26+,27+,28+,29-,30-,31-/m0/s1. The zero-order chi connectivity index (χ0) is 32.6. The molecule has 7 atom stereocenters. The van der Waals surface area contributed by atoms with E-state index in [1.165, 1.54) is 5.57 Å². The minimum absolute atomic E-state index is 0.0794. The van der Waals surface area contributed by atoms with Crippen LogP contribution < -0.4 is 0 Å². The molecule has 0 unspecified atom stereocenters. The lowest BCUT2D eigenvalue weighted by Crippen LogP contribution is -2.49. The van der Waals surface area contributed by atoms with Crippen LogP contribution in [0.3, 0.4) is 0 Å². The fourth-order valence-electron chi connectivity index (χ4n) is 6.10. The SMILES string of the molecule is COC(C)(C)C(=O)O[C@H]1C[C@H](O[Si](C)(C)C(C)(C)C)C=C2C=C[C@H](C)[C@H](CC[C@@H]3C[C@H](O[Si](C)(C)C(C)(C)C)CCO3)[C@H]21. The number of esters is 1. The number of allylic oxidation sites excluding steroid dienone is 2. The average Bonchev–Trinajstić information content (AvgIpc) is 2.86. The summed E-state index contributed by atoms with van der Waals surface area (Å²) in [5, 5.41) is 0.294. The largest absolute Gasteiger partial charge is 0.459 e. The minimum Gasteiger partial charge on any atom is -0.459 e. The van der Waals surface area contributed by atoms with Gasteiger partial charge in [-0.15, -0.1) is 0 Å². The van der Waals surface area contributed by atoms with E-state index in [4.69, 9.17) is 23.1 Å². The van der Waals surface area contributed by atoms with Crippen molar-refractivity contribution in [3.05, 3.63) is 23.8 Å². The molecule has 0 aromatic heterocycles. The average molecular weight is 637 g/mol. The van der Waals surface area contributed by atoms with Gasteiger partial charge in [-0.25, -0.2) is 4.79 Å². The van der Waals surface area contributed by atoms with Crippen LogP contribution in [-0.2, 0) is 27.9 Å². The van der Waals surface area contributed by atoms with Gasteiger partial charge in [0.1, 0.15) is 6.10 Å². The molecule has 1 fully saturated rings. The zero-order valence-electron chi connectivity index (χ0n) is 30.0. The van der Waals surface area contributed by atoms with Gasteiger partial charge in [0, 0.05) is 32.2 Å². The second-order valence-corrected chi connectivity index (χ2v) is 26.5. The Bertz CT molecular complexity index is 1020. The number of hydrogen-bond acceptors (Lipinski definition) is 6. The molecule has 1 aliphatic heterocycles. The van der Waals surface area contributed by atoms with Crippen LogP contribution in [-0.4, -0.2) is 66.3 Å². The first-order valence-corrected chi connectivity index (χ1v) is 22.5. The van der Waals surface area contributed by atoms with Gasteiger partial charge in [0.15, 0.2) is 22.2 Å². The van der Waals surface area contributed by atoms with Gasteiger partial charge >= 0.3 is 5.97 Å². The lowest BCUT2D eigenvalue weighted by Gasteiger charge is -2.46. The molecule has 0 bridgehead atoms. The van der Waals surface area contributed by atoms with Crippen LogP contribution in [0.25, 0.3) is 0 Å². The molecule has 0 N–H and O–H groups in total. The smallest absolute Gasteiger partial charge is 0.338 e. The second kappa shape index (κ2) is 13.5. The first-order chi connectivity index (χ1) is 19.6. The summed E-state index contributed by atoms with van der Waals surface area (Å²) >= 11 is 0. The molecule has 0 aromatic rings. The monoisotopic (exact) mass is 636 g/mol. The maximum Gasteiger partial charge on any atom is 0.338 e. The van der Waals surface area contributed by atoms with E-state index in [0.717, 1.165) is 32.3 Å². The normalized spacial score (nSPS) is 30.9. The first kappa shape index (κ1) is 36.7. The highest BCUT2D eigenvalue weighted by Crippen LogP contribution is 2.47. The Balaban J connectivity index is 1.81. The Morgan fingerprint density at radius 3 is 2.12 bits per heavy atom. The summed E-state index contributed by atoms with van der Waals surface area (Å²) in [6.45, 7) is 29.6. The molecular weight excluding hydrogens is 573 g/mol. The predicted molar refractivity (Wildman–Crippen MR) is 181 cm³/mol. The highest BCUT2D eigenvalue weighted by Gasteiger charge is 2.47. The fourth-order valence-corrected chi connectivity index (χ4v) is 8.77. The Morgan fingerprint density at radius 1 is 0.930 bits per heavy atom. The lowest BCUT2D eigenvalue weighted by atomic mass is 9.66. The van der Waals surface area contributed by atoms with Gasteiger partial charge in [-0.1, -0.05) is 66.7 Å². The summed E-state index contributed by atoms with van der Waals surface area (Å²) in [6, 6.07) is 0. The summed E-state index contributed by atoms with van der Waals surface area (Å²) < 4.78 is 31.9. The van der Waals surface area contributed by atoms with E-state index < -0.39 is 22.2 Å². The van der Waals surface area contributed by atoms with Crippen LogP contribution in [0.1, 0.15) is 94.4 Å². The van der Waals surface area contributed by atoms with Crippen molar-refractivity contribution in [2.24, 2.45) is 17.8 Å². The van der Waals surface area contributed by atoms with Crippen molar-refractivity contribution in [3.8, 4) is 0 Å². The molecule has 0 aromatic carbocycles. The third-order valence-corrected chi connectivity index (χ3v) is 20.3. The van der Waals surface area contributed by atoms with Crippen LogP contribution in [0, 0.1) is 17.8 Å². The molecule has 3 aliphatic rings. The van der Waals surface area contributed by atoms with Crippen LogP contribution in [0.2, 0.25) is 36.3 Å². The second-order valence-electron chi connectivity index (χ2n) is 17.0. The van der Waals surface area contributed by atoms with E-state index in [2.05, 4.69) is 92.9 Å². The van der Waals surface area contributed by atoms with Gasteiger partial charge in [0.2, 0.25) is 0 Å². The Labute approximate surface area is 265 Å². The predicted octanol–water partition coefficient (Wildman–Crippen LogP) is 8.83. The number of carbonyl (C=O) groups excluding carboxylic acids is 1. The van der Waals surface area contributed by atoms with Gasteiger partial charge in [-0.3, -0.25) is 0 Å². The molecule has 6 nitrogen and oxygen atoms in total. The first-order valence-electron chi connectivity index (χ1n) is 16.7. The number of fused-ring (bicyclic) bond motifs is 1. The summed E-state index contributed by atoms with van der Waals surface area (Å²) in [6.07, 6.45) is 11.6. The van der Waals surface area contributed by atoms with E-state index >= 15 is 0 Å². The van der Waals surface area contributed by atoms with Gasteiger partial charge in [0.25, 0.3) is 0 Å². The molecule has 0 radical (unpaired) electrons. The van der Waals surface area contributed by atoms with Crippen LogP contribution in [0.4, 0.5) is 0 Å². The Kier molecular flexibility index (Phi) is 11.5. The van der Waals surface area contributed by atoms with Gasteiger partial charge in [-0.05, 0) is 93.2 Å². The molecule has 0 amide bonds. The van der Waals surface area contributed by atoms with Crippen molar-refractivity contribution < 1.29 is 27.9 Å². The number of hydrogen-bond donors (Lipinski definition) is 0. The fraction of sp³-hybridized carbons (Fsp3) is 0.857. The van der Waals surface area contributed by atoms with E-state index in [1.807, 2.05) is 0 Å². The van der Waals surface area contributed by atoms with Crippen molar-refractivity contribution in [2.45, 2.75) is 161 Å². The van der Waals surface area contributed by atoms with Gasteiger partial charge < -0.3 is 23.1 Å². The van der Waals surface area contributed by atoms with Gasteiger partial charge in [0.05, 0.1) is 12.2 Å². The third-order valence-electron chi connectivity index (χ3n) is 11.3. The van der Waals surface area contributed by atoms with Crippen molar-refractivity contribution >= 4 is 22.6 Å². The number of ether oxygens (including phenoxy) is 3. The zero-order valence-corrected chi connectivity index (χ0v) is 32.0. The lowest BCUT2D eigenvalue weighted by molar-refractivity contribution is -0.176. The Hall–Kier alpha value is -0.776. The molecule has 3 rings (SSSR count). The highest BCUT2D eigenvalue weighted by atomic mass is 28.4. The molecule has 8 heteroatoms. The van der Waals surface area contributed by atoms with E-state index in [-0.39, 0.29) is 46.4 Å². The molecule has 43 heavy (non-hydrogen) atoms. The minimum atomic E-state index is -2.03. The quantitative estimate of drug-likeness (QED) is 0.176. The van der Waals surface area contributed by atoms with Crippen molar-refractivity contribution in [3.63, 3.8) is 0 Å².